The summed E-state index contributed by atoms with van der Waals surface area (Å²) in [4.78, 5) is 12.3. The molecule has 144 valence electrons. The lowest BCUT2D eigenvalue weighted by Gasteiger charge is -2.19. The third-order valence-corrected chi connectivity index (χ3v) is 4.88. The summed E-state index contributed by atoms with van der Waals surface area (Å²) in [6, 6.07) is 8.52. The number of ether oxygens (including phenoxy) is 1. The molecule has 7 heteroatoms. The lowest BCUT2D eigenvalue weighted by atomic mass is 9.92. The molecule has 0 radical (unpaired) electrons. The zero-order chi connectivity index (χ0) is 19.6. The Morgan fingerprint density at radius 1 is 1.11 bits per heavy atom. The summed E-state index contributed by atoms with van der Waals surface area (Å²) in [6.45, 7) is 1.54. The molecule has 0 saturated carbocycles. The normalized spacial score (nSPS) is 15.0. The quantitative estimate of drug-likeness (QED) is 0.724. The van der Waals surface area contributed by atoms with E-state index in [1.165, 1.54) is 24.5 Å². The van der Waals surface area contributed by atoms with E-state index in [2.05, 4.69) is 5.32 Å². The second-order valence-corrected chi connectivity index (χ2v) is 6.99. The first-order valence-electron chi connectivity index (χ1n) is 8.70. The fourth-order valence-electron chi connectivity index (χ4n) is 3.07. The van der Waals surface area contributed by atoms with E-state index in [1.54, 1.807) is 0 Å². The summed E-state index contributed by atoms with van der Waals surface area (Å²) in [7, 11) is 0. The Labute approximate surface area is 160 Å². The molecule has 1 atom stereocenters. The molecule has 0 aromatic heterocycles. The highest BCUT2D eigenvalue weighted by atomic mass is 35.5. The van der Waals surface area contributed by atoms with Crippen LogP contribution in [0.5, 0.6) is 5.75 Å². The van der Waals surface area contributed by atoms with Gasteiger partial charge in [-0.05, 0) is 74.1 Å². The number of fused-ring (bicyclic) bond motifs is 1. The molecule has 3 nitrogen and oxygen atoms in total. The average molecular weight is 398 g/mol. The molecule has 1 amide bonds. The zero-order valence-electron chi connectivity index (χ0n) is 14.7. The minimum atomic E-state index is -4.52. The number of benzene rings is 2. The number of aryl methyl sites for hydroxylation is 2. The highest BCUT2D eigenvalue weighted by Gasteiger charge is 2.31. The molecule has 3 rings (SSSR count). The maximum absolute atomic E-state index is 12.8. The molecule has 1 aliphatic carbocycles. The van der Waals surface area contributed by atoms with E-state index >= 15 is 0 Å². The summed E-state index contributed by atoms with van der Waals surface area (Å²) in [5.74, 6) is -0.0117. The third kappa shape index (κ3) is 4.75. The number of amides is 1. The topological polar surface area (TPSA) is 38.3 Å². The van der Waals surface area contributed by atoms with Crippen LogP contribution in [-0.2, 0) is 23.8 Å². The highest BCUT2D eigenvalue weighted by molar-refractivity contribution is 6.33. The first-order chi connectivity index (χ1) is 12.7. The largest absolute Gasteiger partial charge is 0.481 e. The fraction of sp³-hybridized carbons (Fsp3) is 0.350. The number of hydrogen-bond donors (Lipinski definition) is 1. The van der Waals surface area contributed by atoms with Gasteiger partial charge in [0.1, 0.15) is 5.75 Å². The van der Waals surface area contributed by atoms with Crippen molar-refractivity contribution < 1.29 is 22.7 Å². The summed E-state index contributed by atoms with van der Waals surface area (Å²) in [5.41, 5.74) is 1.52. The summed E-state index contributed by atoms with van der Waals surface area (Å²) in [6.07, 6.45) is -1.09. The molecule has 27 heavy (non-hydrogen) atoms. The molecule has 0 bridgehead atoms. The number of hydrogen-bond acceptors (Lipinski definition) is 2. The Bertz CT molecular complexity index is 852. The molecule has 0 spiro atoms. The van der Waals surface area contributed by atoms with Gasteiger partial charge in [-0.1, -0.05) is 17.7 Å². The minimum absolute atomic E-state index is 0.0253. The predicted octanol–water partition coefficient (Wildman–Crippen LogP) is 5.64. The summed E-state index contributed by atoms with van der Waals surface area (Å²) >= 11 is 5.91. The Morgan fingerprint density at radius 3 is 2.52 bits per heavy atom. The van der Waals surface area contributed by atoms with Gasteiger partial charge in [0.15, 0.2) is 6.10 Å². The van der Waals surface area contributed by atoms with Crippen molar-refractivity contribution in [3.8, 4) is 5.75 Å². The van der Waals surface area contributed by atoms with Crippen molar-refractivity contribution in [3.05, 3.63) is 58.1 Å². The Balaban J connectivity index is 1.69. The first kappa shape index (κ1) is 19.5. The van der Waals surface area contributed by atoms with E-state index in [1.807, 2.05) is 18.2 Å². The van der Waals surface area contributed by atoms with Crippen LogP contribution >= 0.6 is 11.6 Å². The van der Waals surface area contributed by atoms with Crippen LogP contribution in [0.3, 0.4) is 0 Å². The molecule has 1 N–H and O–H groups in total. The Hall–Kier alpha value is -2.21. The number of alkyl halides is 3. The highest BCUT2D eigenvalue weighted by Crippen LogP contribution is 2.34. The maximum atomic E-state index is 12.8. The molecule has 2 aromatic rings. The van der Waals surface area contributed by atoms with Crippen molar-refractivity contribution >= 4 is 23.2 Å². The molecule has 0 saturated heterocycles. The SMILES string of the molecule is C[C@H](Oc1ccc2c(c1)CCCC2)C(=O)Nc1cc(C(F)(F)F)ccc1Cl. The summed E-state index contributed by atoms with van der Waals surface area (Å²) < 4.78 is 44.2. The number of halogens is 4. The van der Waals surface area contributed by atoms with Crippen LogP contribution in [0.25, 0.3) is 0 Å². The van der Waals surface area contributed by atoms with E-state index in [0.29, 0.717) is 5.75 Å². The summed E-state index contributed by atoms with van der Waals surface area (Å²) in [5, 5.41) is 2.43. The molecule has 0 aliphatic heterocycles. The van der Waals surface area contributed by atoms with Gasteiger partial charge in [-0.25, -0.2) is 0 Å². The maximum Gasteiger partial charge on any atom is 0.416 e. The van der Waals surface area contributed by atoms with E-state index in [-0.39, 0.29) is 10.7 Å². The molecule has 2 aromatic carbocycles. The lowest BCUT2D eigenvalue weighted by molar-refractivity contribution is -0.137. The van der Waals surface area contributed by atoms with Crippen LogP contribution in [0.4, 0.5) is 18.9 Å². The van der Waals surface area contributed by atoms with Crippen molar-refractivity contribution in [2.45, 2.75) is 44.9 Å². The number of carbonyl (C=O) groups is 1. The number of rotatable bonds is 4. The first-order valence-corrected chi connectivity index (χ1v) is 9.08. The van der Waals surface area contributed by atoms with Crippen molar-refractivity contribution in [2.24, 2.45) is 0 Å². The number of carbonyl (C=O) groups excluding carboxylic acids is 1. The fourth-order valence-corrected chi connectivity index (χ4v) is 3.24. The predicted molar refractivity (Wildman–Crippen MR) is 98.3 cm³/mol. The van der Waals surface area contributed by atoms with Gasteiger partial charge in [0.05, 0.1) is 16.3 Å². The average Bonchev–Trinajstić information content (AvgIpc) is 2.62. The Morgan fingerprint density at radius 2 is 1.81 bits per heavy atom. The van der Waals surface area contributed by atoms with Gasteiger partial charge in [0.25, 0.3) is 5.91 Å². The van der Waals surface area contributed by atoms with Gasteiger partial charge < -0.3 is 10.1 Å². The minimum Gasteiger partial charge on any atom is -0.481 e. The molecule has 0 unspecified atom stereocenters. The van der Waals surface area contributed by atoms with Crippen LogP contribution in [0, 0.1) is 0 Å². The number of anilines is 1. The smallest absolute Gasteiger partial charge is 0.416 e. The third-order valence-electron chi connectivity index (χ3n) is 4.55. The molecular formula is C20H19ClF3NO2. The van der Waals surface area contributed by atoms with Gasteiger partial charge in [0, 0.05) is 0 Å². The van der Waals surface area contributed by atoms with Crippen molar-refractivity contribution in [3.63, 3.8) is 0 Å². The van der Waals surface area contributed by atoms with Crippen molar-refractivity contribution in [2.75, 3.05) is 5.32 Å². The standard InChI is InChI=1S/C20H19ClF3NO2/c1-12(27-16-8-6-13-4-2-3-5-14(13)10-16)19(26)25-18-11-15(20(22,23)24)7-9-17(18)21/h6-12H,2-5H2,1H3,(H,25,26)/t12-/m0/s1. The van der Waals surface area contributed by atoms with E-state index < -0.39 is 23.8 Å². The molecule has 1 aliphatic rings. The van der Waals surface area contributed by atoms with Crippen molar-refractivity contribution in [1.29, 1.82) is 0 Å². The van der Waals surface area contributed by atoms with Gasteiger partial charge in [0.2, 0.25) is 0 Å². The van der Waals surface area contributed by atoms with Crippen LogP contribution in [0.15, 0.2) is 36.4 Å². The van der Waals surface area contributed by atoms with Crippen LogP contribution in [0.2, 0.25) is 5.02 Å². The monoisotopic (exact) mass is 397 g/mol. The second kappa shape index (κ2) is 7.80. The number of nitrogens with one attached hydrogen (secondary N) is 1. The van der Waals surface area contributed by atoms with Crippen LogP contribution < -0.4 is 10.1 Å². The zero-order valence-corrected chi connectivity index (χ0v) is 15.5. The van der Waals surface area contributed by atoms with Gasteiger partial charge in [-0.3, -0.25) is 4.79 Å². The van der Waals surface area contributed by atoms with Gasteiger partial charge in [-0.15, -0.1) is 0 Å². The van der Waals surface area contributed by atoms with Crippen molar-refractivity contribution in [1.82, 2.24) is 0 Å². The van der Waals surface area contributed by atoms with Crippen LogP contribution in [-0.4, -0.2) is 12.0 Å². The van der Waals surface area contributed by atoms with Gasteiger partial charge in [-0.2, -0.15) is 13.2 Å². The van der Waals surface area contributed by atoms with E-state index in [9.17, 15) is 18.0 Å². The second-order valence-electron chi connectivity index (χ2n) is 6.58. The van der Waals surface area contributed by atoms with Gasteiger partial charge >= 0.3 is 6.18 Å². The Kier molecular flexibility index (Phi) is 5.65. The van der Waals surface area contributed by atoms with Crippen LogP contribution in [0.1, 0.15) is 36.5 Å². The molecular weight excluding hydrogens is 379 g/mol. The van der Waals surface area contributed by atoms with E-state index in [0.717, 1.165) is 37.5 Å². The molecule has 0 heterocycles. The lowest BCUT2D eigenvalue weighted by Crippen LogP contribution is -2.30. The van der Waals surface area contributed by atoms with E-state index in [4.69, 9.17) is 16.3 Å². The molecule has 0 fully saturated rings.